The lowest BCUT2D eigenvalue weighted by molar-refractivity contribution is 0.606. The lowest BCUT2D eigenvalue weighted by Gasteiger charge is -2.09. The first-order chi connectivity index (χ1) is 12.9. The molecule has 0 saturated heterocycles. The van der Waals surface area contributed by atoms with E-state index >= 15 is 0 Å². The Hall–Kier alpha value is -3.26. The maximum Gasteiger partial charge on any atom is 0.230 e. The predicted molar refractivity (Wildman–Crippen MR) is 106 cm³/mol. The molecule has 0 atom stereocenters. The molecule has 0 bridgehead atoms. The van der Waals surface area contributed by atoms with Crippen molar-refractivity contribution in [3.63, 3.8) is 0 Å². The summed E-state index contributed by atoms with van der Waals surface area (Å²) in [6, 6.07) is 11.5. The summed E-state index contributed by atoms with van der Waals surface area (Å²) in [7, 11) is -1.51. The van der Waals surface area contributed by atoms with Gasteiger partial charge in [-0.2, -0.15) is 5.10 Å². The molecule has 0 amide bonds. The average Bonchev–Trinajstić information content (AvgIpc) is 3.06. The second kappa shape index (κ2) is 6.48. The van der Waals surface area contributed by atoms with Gasteiger partial charge in [-0.15, -0.1) is 0 Å². The average molecular weight is 379 g/mol. The zero-order valence-corrected chi connectivity index (χ0v) is 15.6. The molecule has 0 fully saturated rings. The smallest absolute Gasteiger partial charge is 0.230 e. The number of anilines is 1. The van der Waals surface area contributed by atoms with Gasteiger partial charge in [0.25, 0.3) is 0 Å². The van der Waals surface area contributed by atoms with Crippen LogP contribution in [-0.4, -0.2) is 34.4 Å². The van der Waals surface area contributed by atoms with E-state index in [1.807, 2.05) is 43.7 Å². The van der Waals surface area contributed by atoms with Crippen LogP contribution in [0.4, 0.5) is 5.82 Å². The number of aromatic nitrogens is 4. The van der Waals surface area contributed by atoms with Crippen molar-refractivity contribution >= 4 is 26.7 Å². The van der Waals surface area contributed by atoms with Crippen molar-refractivity contribution in [2.24, 2.45) is 7.05 Å². The number of nitrogens with zero attached hydrogens (tertiary/aromatic N) is 4. The second-order valence-corrected chi connectivity index (χ2v) is 8.06. The van der Waals surface area contributed by atoms with Gasteiger partial charge in [0.05, 0.1) is 18.0 Å². The van der Waals surface area contributed by atoms with Crippen LogP contribution in [0.15, 0.2) is 61.2 Å². The van der Waals surface area contributed by atoms with Crippen molar-refractivity contribution in [1.82, 2.24) is 19.7 Å². The minimum atomic E-state index is -3.39. The molecule has 0 radical (unpaired) electrons. The van der Waals surface area contributed by atoms with Crippen LogP contribution in [-0.2, 0) is 17.1 Å². The van der Waals surface area contributed by atoms with E-state index in [0.29, 0.717) is 5.52 Å². The number of benzene rings is 1. The van der Waals surface area contributed by atoms with Gasteiger partial charge in [0, 0.05) is 42.2 Å². The van der Waals surface area contributed by atoms with Gasteiger partial charge in [0.2, 0.25) is 10.0 Å². The summed E-state index contributed by atoms with van der Waals surface area (Å²) in [5, 5.41) is 5.03. The van der Waals surface area contributed by atoms with E-state index in [1.165, 1.54) is 0 Å². The summed E-state index contributed by atoms with van der Waals surface area (Å²) < 4.78 is 27.2. The summed E-state index contributed by atoms with van der Waals surface area (Å²) in [6.07, 6.45) is 8.32. The van der Waals surface area contributed by atoms with E-state index in [4.69, 9.17) is 0 Å². The molecular formula is C19H17N5O2S. The van der Waals surface area contributed by atoms with E-state index in [2.05, 4.69) is 19.8 Å². The zero-order valence-electron chi connectivity index (χ0n) is 14.8. The highest BCUT2D eigenvalue weighted by Gasteiger charge is 2.10. The molecule has 4 rings (SSSR count). The SMILES string of the molecule is Cn1cc(-c2ccc(-c3cncc4ccc(NS(C)(=O)=O)nc34)cc2)cn1. The Kier molecular flexibility index (Phi) is 4.12. The minimum absolute atomic E-state index is 0.282. The molecule has 1 aromatic carbocycles. The first kappa shape index (κ1) is 17.2. The minimum Gasteiger partial charge on any atom is -0.275 e. The fourth-order valence-electron chi connectivity index (χ4n) is 2.91. The van der Waals surface area contributed by atoms with E-state index in [1.54, 1.807) is 29.2 Å². The van der Waals surface area contributed by atoms with Gasteiger partial charge >= 0.3 is 0 Å². The van der Waals surface area contributed by atoms with Gasteiger partial charge < -0.3 is 0 Å². The van der Waals surface area contributed by atoms with Crippen molar-refractivity contribution in [2.75, 3.05) is 11.0 Å². The van der Waals surface area contributed by atoms with Crippen LogP contribution >= 0.6 is 0 Å². The number of fused-ring (bicyclic) bond motifs is 1. The highest BCUT2D eigenvalue weighted by atomic mass is 32.2. The maximum absolute atomic E-state index is 11.5. The van der Waals surface area contributed by atoms with Crippen LogP contribution in [0, 0.1) is 0 Å². The van der Waals surface area contributed by atoms with E-state index in [-0.39, 0.29) is 5.82 Å². The number of rotatable bonds is 4. The van der Waals surface area contributed by atoms with Crippen molar-refractivity contribution in [2.45, 2.75) is 0 Å². The van der Waals surface area contributed by atoms with Crippen LogP contribution in [0.3, 0.4) is 0 Å². The Morgan fingerprint density at radius 3 is 2.33 bits per heavy atom. The summed E-state index contributed by atoms with van der Waals surface area (Å²) >= 11 is 0. The number of hydrogen-bond donors (Lipinski definition) is 1. The van der Waals surface area contributed by atoms with Crippen molar-refractivity contribution < 1.29 is 8.42 Å². The number of aryl methyl sites for hydroxylation is 1. The molecule has 0 aliphatic rings. The Labute approximate surface area is 156 Å². The molecule has 0 aliphatic carbocycles. The number of hydrogen-bond acceptors (Lipinski definition) is 5. The van der Waals surface area contributed by atoms with Gasteiger partial charge in [0.1, 0.15) is 5.82 Å². The molecule has 4 aromatic rings. The van der Waals surface area contributed by atoms with E-state index < -0.39 is 10.0 Å². The summed E-state index contributed by atoms with van der Waals surface area (Å²) in [5.74, 6) is 0.282. The molecule has 8 heteroatoms. The second-order valence-electron chi connectivity index (χ2n) is 6.31. The molecule has 0 unspecified atom stereocenters. The molecule has 27 heavy (non-hydrogen) atoms. The van der Waals surface area contributed by atoms with Crippen LogP contribution in [0.25, 0.3) is 33.2 Å². The summed E-state index contributed by atoms with van der Waals surface area (Å²) in [6.45, 7) is 0. The van der Waals surface area contributed by atoms with Gasteiger partial charge in [-0.05, 0) is 23.3 Å². The molecule has 1 N–H and O–H groups in total. The highest BCUT2D eigenvalue weighted by molar-refractivity contribution is 7.92. The maximum atomic E-state index is 11.5. The molecule has 136 valence electrons. The standard InChI is InChI=1S/C19H17N5O2S/c1-24-12-16(10-21-24)13-3-5-14(6-4-13)17-11-20-9-15-7-8-18(22-19(15)17)23-27(2,25)26/h3-12H,1-2H3,(H,22,23). The van der Waals surface area contributed by atoms with Gasteiger partial charge in [-0.1, -0.05) is 24.3 Å². The highest BCUT2D eigenvalue weighted by Crippen LogP contribution is 2.29. The predicted octanol–water partition coefficient (Wildman–Crippen LogP) is 3.07. The molecule has 0 spiro atoms. The van der Waals surface area contributed by atoms with Crippen LogP contribution in [0.1, 0.15) is 0 Å². The summed E-state index contributed by atoms with van der Waals surface area (Å²) in [5.41, 5.74) is 4.57. The van der Waals surface area contributed by atoms with Crippen molar-refractivity contribution in [3.8, 4) is 22.3 Å². The molecule has 3 aromatic heterocycles. The molecule has 7 nitrogen and oxygen atoms in total. The molecule has 3 heterocycles. The zero-order chi connectivity index (χ0) is 19.0. The first-order valence-corrected chi connectivity index (χ1v) is 10.1. The number of pyridine rings is 2. The summed E-state index contributed by atoms with van der Waals surface area (Å²) in [4.78, 5) is 8.76. The third-order valence-electron chi connectivity index (χ3n) is 4.12. The van der Waals surface area contributed by atoms with Crippen molar-refractivity contribution in [1.29, 1.82) is 0 Å². The molecular weight excluding hydrogens is 362 g/mol. The lowest BCUT2D eigenvalue weighted by Crippen LogP contribution is -2.10. The van der Waals surface area contributed by atoms with Gasteiger partial charge in [-0.25, -0.2) is 13.4 Å². The van der Waals surface area contributed by atoms with Gasteiger partial charge in [-0.3, -0.25) is 14.4 Å². The topological polar surface area (TPSA) is 89.8 Å². The third kappa shape index (κ3) is 3.65. The number of sulfonamides is 1. The Morgan fingerprint density at radius 1 is 0.926 bits per heavy atom. The Morgan fingerprint density at radius 2 is 1.67 bits per heavy atom. The number of nitrogens with one attached hydrogen (secondary N) is 1. The van der Waals surface area contributed by atoms with Crippen LogP contribution in [0.2, 0.25) is 0 Å². The lowest BCUT2D eigenvalue weighted by atomic mass is 10.0. The fraction of sp³-hybridized carbons (Fsp3) is 0.105. The van der Waals surface area contributed by atoms with Gasteiger partial charge in [0.15, 0.2) is 0 Å². The first-order valence-electron chi connectivity index (χ1n) is 8.21. The van der Waals surface area contributed by atoms with Crippen molar-refractivity contribution in [3.05, 3.63) is 61.2 Å². The molecule has 0 aliphatic heterocycles. The Balaban J connectivity index is 1.77. The van der Waals surface area contributed by atoms with E-state index in [9.17, 15) is 8.42 Å². The quantitative estimate of drug-likeness (QED) is 0.588. The normalized spacial score (nSPS) is 11.6. The Bertz CT molecular complexity index is 1230. The monoisotopic (exact) mass is 379 g/mol. The van der Waals surface area contributed by atoms with Crippen LogP contribution in [0.5, 0.6) is 0 Å². The van der Waals surface area contributed by atoms with E-state index in [0.717, 1.165) is 33.9 Å². The molecule has 0 saturated carbocycles. The van der Waals surface area contributed by atoms with Crippen LogP contribution < -0.4 is 4.72 Å². The largest absolute Gasteiger partial charge is 0.275 e. The third-order valence-corrected chi connectivity index (χ3v) is 4.70. The fourth-order valence-corrected chi connectivity index (χ4v) is 3.41.